The Morgan fingerprint density at radius 2 is 1.83 bits per heavy atom. The molecule has 0 fully saturated rings. The summed E-state index contributed by atoms with van der Waals surface area (Å²) in [7, 11) is 0. The van der Waals surface area contributed by atoms with E-state index in [4.69, 9.17) is 11.6 Å². The predicted molar refractivity (Wildman–Crippen MR) is 124 cm³/mol. The van der Waals surface area contributed by atoms with E-state index in [1.165, 1.54) is 6.07 Å². The number of nitro benzene ring substituents is 1. The Balaban J connectivity index is 1.81. The number of hydrogen-bond acceptors (Lipinski definition) is 5. The molecule has 0 aliphatic carbocycles. The van der Waals surface area contributed by atoms with E-state index in [2.05, 4.69) is 15.4 Å². The summed E-state index contributed by atoms with van der Waals surface area (Å²) in [6.07, 6.45) is -3.83. The SMILES string of the molecule is CC(C)c1ccc(-c2cc(C(F)(F)F)n3ncc(C(=O)Nc4cc([N+](=O)[O-])ccc4Cl)c3n2)cc1. The van der Waals surface area contributed by atoms with Crippen LogP contribution in [0.3, 0.4) is 0 Å². The Morgan fingerprint density at radius 3 is 2.43 bits per heavy atom. The molecular formula is C23H17ClF3N5O3. The first-order chi connectivity index (χ1) is 16.5. The maximum atomic E-state index is 13.8. The number of hydrogen-bond donors (Lipinski definition) is 1. The van der Waals surface area contributed by atoms with Crippen LogP contribution in [0.1, 0.15) is 41.4 Å². The number of fused-ring (bicyclic) bond motifs is 1. The molecule has 0 atom stereocenters. The summed E-state index contributed by atoms with van der Waals surface area (Å²) in [4.78, 5) is 27.6. The minimum Gasteiger partial charge on any atom is -0.320 e. The summed E-state index contributed by atoms with van der Waals surface area (Å²) < 4.78 is 42.1. The van der Waals surface area contributed by atoms with Crippen molar-refractivity contribution < 1.29 is 22.9 Å². The van der Waals surface area contributed by atoms with Gasteiger partial charge in [-0.05, 0) is 23.6 Å². The van der Waals surface area contributed by atoms with Gasteiger partial charge in [0.2, 0.25) is 0 Å². The van der Waals surface area contributed by atoms with Gasteiger partial charge in [0.25, 0.3) is 11.6 Å². The molecule has 2 aromatic heterocycles. The Bertz CT molecular complexity index is 1450. The number of amides is 1. The highest BCUT2D eigenvalue weighted by atomic mass is 35.5. The molecule has 4 rings (SSSR count). The Morgan fingerprint density at radius 1 is 1.14 bits per heavy atom. The number of carbonyl (C=O) groups excluding carboxylic acids is 1. The van der Waals surface area contributed by atoms with Gasteiger partial charge in [-0.1, -0.05) is 49.7 Å². The van der Waals surface area contributed by atoms with Crippen molar-refractivity contribution in [3.05, 3.63) is 86.7 Å². The molecule has 0 unspecified atom stereocenters. The van der Waals surface area contributed by atoms with E-state index in [1.54, 1.807) is 24.3 Å². The Hall–Kier alpha value is -3.99. The third kappa shape index (κ3) is 4.80. The van der Waals surface area contributed by atoms with Crippen molar-refractivity contribution in [1.29, 1.82) is 0 Å². The number of nitrogens with one attached hydrogen (secondary N) is 1. The molecule has 180 valence electrons. The number of aromatic nitrogens is 3. The van der Waals surface area contributed by atoms with Gasteiger partial charge in [-0.2, -0.15) is 18.3 Å². The second-order valence-corrected chi connectivity index (χ2v) is 8.38. The molecular weight excluding hydrogens is 487 g/mol. The summed E-state index contributed by atoms with van der Waals surface area (Å²) in [6, 6.07) is 11.2. The standard InChI is InChI=1S/C23H17ClF3N5O3/c1-12(2)13-3-5-14(6-4-13)18-10-20(23(25,26)27)31-21(29-18)16(11-28-31)22(33)30-19-9-15(32(34)35)7-8-17(19)24/h3-12H,1-2H3,(H,30,33). The number of benzene rings is 2. The second-order valence-electron chi connectivity index (χ2n) is 7.97. The van der Waals surface area contributed by atoms with Crippen LogP contribution in [0.5, 0.6) is 0 Å². The molecule has 0 aliphatic heterocycles. The highest BCUT2D eigenvalue weighted by molar-refractivity contribution is 6.34. The van der Waals surface area contributed by atoms with E-state index in [0.717, 1.165) is 30.0 Å². The molecule has 35 heavy (non-hydrogen) atoms. The average molecular weight is 504 g/mol. The van der Waals surface area contributed by atoms with Crippen LogP contribution in [-0.2, 0) is 6.18 Å². The van der Waals surface area contributed by atoms with Crippen LogP contribution in [0.15, 0.2) is 54.7 Å². The lowest BCUT2D eigenvalue weighted by Crippen LogP contribution is -2.16. The summed E-state index contributed by atoms with van der Waals surface area (Å²) in [6.45, 7) is 3.98. The van der Waals surface area contributed by atoms with E-state index in [9.17, 15) is 28.1 Å². The van der Waals surface area contributed by atoms with E-state index in [1.807, 2.05) is 13.8 Å². The number of anilines is 1. The monoisotopic (exact) mass is 503 g/mol. The number of rotatable bonds is 5. The molecule has 0 saturated carbocycles. The third-order valence-corrected chi connectivity index (χ3v) is 5.62. The fourth-order valence-corrected chi connectivity index (χ4v) is 3.59. The van der Waals surface area contributed by atoms with Crippen LogP contribution in [0.25, 0.3) is 16.9 Å². The molecule has 1 N–H and O–H groups in total. The number of halogens is 4. The minimum atomic E-state index is -4.78. The van der Waals surface area contributed by atoms with E-state index in [-0.39, 0.29) is 39.2 Å². The smallest absolute Gasteiger partial charge is 0.320 e. The van der Waals surface area contributed by atoms with Crippen LogP contribution in [0.4, 0.5) is 24.5 Å². The predicted octanol–water partition coefficient (Wildman–Crippen LogP) is 6.35. The molecule has 2 heterocycles. The second kappa shape index (κ2) is 8.99. The number of carbonyl (C=O) groups is 1. The molecule has 0 bridgehead atoms. The van der Waals surface area contributed by atoms with Gasteiger partial charge in [-0.15, -0.1) is 0 Å². The lowest BCUT2D eigenvalue weighted by atomic mass is 10.0. The van der Waals surface area contributed by atoms with E-state index < -0.39 is 22.7 Å². The maximum Gasteiger partial charge on any atom is 0.433 e. The Kier molecular flexibility index (Phi) is 6.20. The van der Waals surface area contributed by atoms with E-state index >= 15 is 0 Å². The fourth-order valence-electron chi connectivity index (χ4n) is 3.42. The van der Waals surface area contributed by atoms with Crippen molar-refractivity contribution in [3.8, 4) is 11.3 Å². The van der Waals surface area contributed by atoms with Crippen LogP contribution < -0.4 is 5.32 Å². The topological polar surface area (TPSA) is 102 Å². The molecule has 0 aliphatic rings. The molecule has 12 heteroatoms. The minimum absolute atomic E-state index is 0.00284. The zero-order valence-electron chi connectivity index (χ0n) is 18.3. The lowest BCUT2D eigenvalue weighted by molar-refractivity contribution is -0.384. The number of non-ortho nitro benzene ring substituents is 1. The first kappa shape index (κ1) is 24.1. The molecule has 8 nitrogen and oxygen atoms in total. The zero-order valence-corrected chi connectivity index (χ0v) is 19.1. The fraction of sp³-hybridized carbons (Fsp3) is 0.174. The first-order valence-corrected chi connectivity index (χ1v) is 10.6. The summed E-state index contributed by atoms with van der Waals surface area (Å²) in [5, 5.41) is 17.2. The van der Waals surface area contributed by atoms with Crippen molar-refractivity contribution in [1.82, 2.24) is 14.6 Å². The van der Waals surface area contributed by atoms with E-state index in [0.29, 0.717) is 10.1 Å². The van der Waals surface area contributed by atoms with Gasteiger partial charge in [0, 0.05) is 17.7 Å². The first-order valence-electron chi connectivity index (χ1n) is 10.3. The molecule has 4 aromatic rings. The van der Waals surface area contributed by atoms with Gasteiger partial charge in [0.1, 0.15) is 5.56 Å². The number of alkyl halides is 3. The largest absolute Gasteiger partial charge is 0.433 e. The molecule has 2 aromatic carbocycles. The van der Waals surface area contributed by atoms with Gasteiger partial charge in [0.05, 0.1) is 27.5 Å². The molecule has 1 amide bonds. The quantitative estimate of drug-likeness (QED) is 0.252. The zero-order chi connectivity index (χ0) is 25.5. The normalized spacial score (nSPS) is 11.7. The van der Waals surface area contributed by atoms with Gasteiger partial charge < -0.3 is 5.32 Å². The molecule has 0 spiro atoms. The highest BCUT2D eigenvalue weighted by Gasteiger charge is 2.36. The number of nitrogens with zero attached hydrogens (tertiary/aromatic N) is 4. The van der Waals surface area contributed by atoms with Crippen LogP contribution in [0.2, 0.25) is 5.02 Å². The van der Waals surface area contributed by atoms with Crippen molar-refractivity contribution in [2.45, 2.75) is 25.9 Å². The van der Waals surface area contributed by atoms with Crippen LogP contribution in [-0.4, -0.2) is 25.4 Å². The van der Waals surface area contributed by atoms with Crippen molar-refractivity contribution in [3.63, 3.8) is 0 Å². The van der Waals surface area contributed by atoms with Crippen molar-refractivity contribution in [2.24, 2.45) is 0 Å². The maximum absolute atomic E-state index is 13.8. The number of nitro groups is 1. The summed E-state index contributed by atoms with van der Waals surface area (Å²) in [5.41, 5.74) is -0.682. The third-order valence-electron chi connectivity index (χ3n) is 5.29. The molecule has 0 radical (unpaired) electrons. The van der Waals surface area contributed by atoms with Gasteiger partial charge in [-0.3, -0.25) is 14.9 Å². The van der Waals surface area contributed by atoms with Crippen molar-refractivity contribution >= 4 is 34.5 Å². The van der Waals surface area contributed by atoms with Gasteiger partial charge >= 0.3 is 6.18 Å². The Labute approximate surface area is 201 Å². The van der Waals surface area contributed by atoms with Crippen LogP contribution >= 0.6 is 11.6 Å². The van der Waals surface area contributed by atoms with Gasteiger partial charge in [0.15, 0.2) is 11.3 Å². The highest BCUT2D eigenvalue weighted by Crippen LogP contribution is 2.34. The van der Waals surface area contributed by atoms with Gasteiger partial charge in [-0.25, -0.2) is 9.50 Å². The summed E-state index contributed by atoms with van der Waals surface area (Å²) in [5.74, 6) is -0.647. The van der Waals surface area contributed by atoms with Crippen LogP contribution in [0, 0.1) is 10.1 Å². The average Bonchev–Trinajstić information content (AvgIpc) is 3.23. The lowest BCUT2D eigenvalue weighted by Gasteiger charge is -2.12. The van der Waals surface area contributed by atoms with Crippen molar-refractivity contribution in [2.75, 3.05) is 5.32 Å². The summed E-state index contributed by atoms with van der Waals surface area (Å²) >= 11 is 6.03. The molecule has 0 saturated heterocycles.